The molecule has 1 atom stereocenters. The van der Waals surface area contributed by atoms with Crippen molar-refractivity contribution in [1.82, 2.24) is 25.0 Å². The Bertz CT molecular complexity index is 1320. The highest BCUT2D eigenvalue weighted by Gasteiger charge is 2.21. The van der Waals surface area contributed by atoms with E-state index >= 15 is 0 Å². The Morgan fingerprint density at radius 1 is 1.34 bits per heavy atom. The Labute approximate surface area is 204 Å². The lowest BCUT2D eigenvalue weighted by Crippen LogP contribution is -2.18. The summed E-state index contributed by atoms with van der Waals surface area (Å²) in [5.41, 5.74) is 0.754. The standard InChI is InChI=1S/C22H20ClFN8O3/c1-12(10-25)6-7-18(33)28-17-11-27-16(9-15(17)24)19-21(32(3)31-30-19)29-22(34)35-13(2)14-5-4-8-26-20(14)23/h4-5,8-9,11,13H,1,6-7H2,2-3H3,(H,28,33)(H,29,34)/t13-/m1/s1. The maximum atomic E-state index is 14.6. The van der Waals surface area contributed by atoms with E-state index in [4.69, 9.17) is 21.6 Å². The van der Waals surface area contributed by atoms with Crippen LogP contribution >= 0.6 is 11.6 Å². The summed E-state index contributed by atoms with van der Waals surface area (Å²) in [5.74, 6) is -1.16. The molecule has 0 fully saturated rings. The number of hydrogen-bond donors (Lipinski definition) is 2. The molecule has 0 aliphatic carbocycles. The molecule has 3 aromatic heterocycles. The number of aryl methyl sites for hydroxylation is 1. The van der Waals surface area contributed by atoms with Crippen LogP contribution in [-0.4, -0.2) is 37.0 Å². The fraction of sp³-hybridized carbons (Fsp3) is 0.227. The van der Waals surface area contributed by atoms with E-state index in [1.165, 1.54) is 17.9 Å². The minimum absolute atomic E-state index is 0.0311. The van der Waals surface area contributed by atoms with Crippen LogP contribution in [0.4, 0.5) is 20.7 Å². The number of ether oxygens (including phenoxy) is 1. The van der Waals surface area contributed by atoms with Crippen LogP contribution in [0.2, 0.25) is 5.15 Å². The number of rotatable bonds is 8. The second-order valence-electron chi connectivity index (χ2n) is 7.28. The quantitative estimate of drug-likeness (QED) is 0.347. The summed E-state index contributed by atoms with van der Waals surface area (Å²) in [6, 6.07) is 6.23. The molecule has 2 N–H and O–H groups in total. The average molecular weight is 499 g/mol. The van der Waals surface area contributed by atoms with Gasteiger partial charge < -0.3 is 10.1 Å². The highest BCUT2D eigenvalue weighted by Crippen LogP contribution is 2.28. The summed E-state index contributed by atoms with van der Waals surface area (Å²) in [6.07, 6.45) is 1.23. The molecule has 11 nitrogen and oxygen atoms in total. The number of nitrogens with one attached hydrogen (secondary N) is 2. The topological polar surface area (TPSA) is 148 Å². The van der Waals surface area contributed by atoms with Gasteiger partial charge in [-0.05, 0) is 19.4 Å². The number of nitrogens with zero attached hydrogens (tertiary/aromatic N) is 6. The van der Waals surface area contributed by atoms with Crippen molar-refractivity contribution in [3.63, 3.8) is 0 Å². The second kappa shape index (κ2) is 11.2. The SMILES string of the molecule is C=C(C#N)CCC(=O)Nc1cnc(-c2nnn(C)c2NC(=O)O[C@H](C)c2cccnc2Cl)cc1F. The maximum Gasteiger partial charge on any atom is 0.413 e. The van der Waals surface area contributed by atoms with Gasteiger partial charge in [0.05, 0.1) is 23.6 Å². The molecule has 3 rings (SSSR count). The van der Waals surface area contributed by atoms with Crippen LogP contribution in [0.25, 0.3) is 11.4 Å². The molecule has 0 aromatic carbocycles. The molecule has 0 radical (unpaired) electrons. The third-order valence-corrected chi connectivity index (χ3v) is 5.05. The van der Waals surface area contributed by atoms with Crippen molar-refractivity contribution in [2.24, 2.45) is 7.05 Å². The van der Waals surface area contributed by atoms with Crippen LogP contribution in [0.1, 0.15) is 31.4 Å². The third kappa shape index (κ3) is 6.36. The number of amides is 2. The predicted molar refractivity (Wildman–Crippen MR) is 125 cm³/mol. The lowest BCUT2D eigenvalue weighted by molar-refractivity contribution is -0.116. The summed E-state index contributed by atoms with van der Waals surface area (Å²) >= 11 is 6.04. The molecule has 13 heteroatoms. The predicted octanol–water partition coefficient (Wildman–Crippen LogP) is 4.17. The summed E-state index contributed by atoms with van der Waals surface area (Å²) in [6.45, 7) is 5.12. The van der Waals surface area contributed by atoms with Gasteiger partial charge in [0, 0.05) is 36.9 Å². The van der Waals surface area contributed by atoms with Gasteiger partial charge in [0.2, 0.25) is 5.91 Å². The zero-order chi connectivity index (χ0) is 25.5. The monoisotopic (exact) mass is 498 g/mol. The first-order valence-corrected chi connectivity index (χ1v) is 10.6. The highest BCUT2D eigenvalue weighted by molar-refractivity contribution is 6.30. The van der Waals surface area contributed by atoms with Gasteiger partial charge in [-0.15, -0.1) is 5.10 Å². The van der Waals surface area contributed by atoms with E-state index in [1.54, 1.807) is 19.1 Å². The number of anilines is 2. The molecule has 180 valence electrons. The van der Waals surface area contributed by atoms with Gasteiger partial charge in [-0.2, -0.15) is 5.26 Å². The molecule has 0 bridgehead atoms. The third-order valence-electron chi connectivity index (χ3n) is 4.74. The van der Waals surface area contributed by atoms with E-state index < -0.39 is 23.9 Å². The lowest BCUT2D eigenvalue weighted by Gasteiger charge is -2.15. The van der Waals surface area contributed by atoms with E-state index in [0.29, 0.717) is 5.56 Å². The van der Waals surface area contributed by atoms with Crippen LogP contribution < -0.4 is 10.6 Å². The zero-order valence-corrected chi connectivity index (χ0v) is 19.5. The van der Waals surface area contributed by atoms with Crippen molar-refractivity contribution in [2.45, 2.75) is 25.9 Å². The van der Waals surface area contributed by atoms with E-state index in [-0.39, 0.29) is 46.5 Å². The Morgan fingerprint density at radius 2 is 2.11 bits per heavy atom. The van der Waals surface area contributed by atoms with Crippen molar-refractivity contribution in [3.8, 4) is 17.5 Å². The van der Waals surface area contributed by atoms with E-state index in [1.807, 2.05) is 6.07 Å². The molecule has 2 amide bonds. The number of carbonyl (C=O) groups excluding carboxylic acids is 2. The van der Waals surface area contributed by atoms with Crippen LogP contribution in [0.15, 0.2) is 42.7 Å². The van der Waals surface area contributed by atoms with Gasteiger partial charge in [0.25, 0.3) is 0 Å². The van der Waals surface area contributed by atoms with Crippen molar-refractivity contribution in [2.75, 3.05) is 10.6 Å². The number of pyridine rings is 2. The minimum atomic E-state index is -0.826. The normalized spacial score (nSPS) is 11.3. The van der Waals surface area contributed by atoms with E-state index in [2.05, 4.69) is 37.5 Å². The van der Waals surface area contributed by atoms with E-state index in [0.717, 1.165) is 12.3 Å². The van der Waals surface area contributed by atoms with Gasteiger partial charge in [0.1, 0.15) is 11.3 Å². The number of halogens is 2. The molecule has 3 aromatic rings. The number of allylic oxidation sites excluding steroid dienone is 1. The molecule has 35 heavy (non-hydrogen) atoms. The largest absolute Gasteiger partial charge is 0.441 e. The molecular formula is C22H20ClFN8O3. The average Bonchev–Trinajstić information content (AvgIpc) is 3.18. The Hall–Kier alpha value is -4.37. The molecule has 0 spiro atoms. The second-order valence-corrected chi connectivity index (χ2v) is 7.64. The fourth-order valence-electron chi connectivity index (χ4n) is 2.91. The van der Waals surface area contributed by atoms with Crippen molar-refractivity contribution in [1.29, 1.82) is 5.26 Å². The Morgan fingerprint density at radius 3 is 2.80 bits per heavy atom. The first kappa shape index (κ1) is 25.3. The highest BCUT2D eigenvalue weighted by atomic mass is 35.5. The smallest absolute Gasteiger partial charge is 0.413 e. The summed E-state index contributed by atoms with van der Waals surface area (Å²) in [7, 11) is 1.52. The first-order chi connectivity index (χ1) is 16.7. The van der Waals surface area contributed by atoms with Gasteiger partial charge in [0.15, 0.2) is 17.3 Å². The molecular weight excluding hydrogens is 479 g/mol. The Balaban J connectivity index is 1.72. The number of nitriles is 1. The van der Waals surface area contributed by atoms with Crippen LogP contribution in [0, 0.1) is 17.1 Å². The summed E-state index contributed by atoms with van der Waals surface area (Å²) in [4.78, 5) is 32.5. The van der Waals surface area contributed by atoms with E-state index in [9.17, 15) is 14.0 Å². The Kier molecular flexibility index (Phi) is 8.06. The van der Waals surface area contributed by atoms with Gasteiger partial charge in [-0.3, -0.25) is 15.1 Å². The fourth-order valence-corrected chi connectivity index (χ4v) is 3.18. The molecule has 3 heterocycles. The molecule has 0 saturated carbocycles. The van der Waals surface area contributed by atoms with Crippen molar-refractivity contribution in [3.05, 3.63) is 59.3 Å². The zero-order valence-electron chi connectivity index (χ0n) is 18.7. The van der Waals surface area contributed by atoms with Crippen molar-refractivity contribution >= 4 is 35.1 Å². The molecule has 0 aliphatic rings. The molecule has 0 unspecified atom stereocenters. The van der Waals surface area contributed by atoms with Crippen LogP contribution in [-0.2, 0) is 16.6 Å². The molecule has 0 aliphatic heterocycles. The lowest BCUT2D eigenvalue weighted by atomic mass is 10.2. The van der Waals surface area contributed by atoms with Gasteiger partial charge >= 0.3 is 6.09 Å². The van der Waals surface area contributed by atoms with Crippen LogP contribution in [0.3, 0.4) is 0 Å². The number of aromatic nitrogens is 5. The summed E-state index contributed by atoms with van der Waals surface area (Å²) in [5, 5.41) is 21.6. The number of hydrogen-bond acceptors (Lipinski definition) is 8. The number of carbonyl (C=O) groups is 2. The van der Waals surface area contributed by atoms with Crippen LogP contribution in [0.5, 0.6) is 0 Å². The van der Waals surface area contributed by atoms with Crippen molar-refractivity contribution < 1.29 is 18.7 Å². The van der Waals surface area contributed by atoms with Gasteiger partial charge in [-0.25, -0.2) is 18.9 Å². The summed E-state index contributed by atoms with van der Waals surface area (Å²) < 4.78 is 21.3. The molecule has 0 saturated heterocycles. The minimum Gasteiger partial charge on any atom is -0.441 e. The first-order valence-electron chi connectivity index (χ1n) is 10.2. The maximum absolute atomic E-state index is 14.6. The van der Waals surface area contributed by atoms with Gasteiger partial charge in [-0.1, -0.05) is 29.5 Å².